The number of methoxy groups -OCH3 is 1. The van der Waals surface area contributed by atoms with Crippen LogP contribution in [-0.2, 0) is 0 Å². The molecule has 0 saturated heterocycles. The lowest BCUT2D eigenvalue weighted by Crippen LogP contribution is -1.96. The van der Waals surface area contributed by atoms with Crippen molar-refractivity contribution in [3.8, 4) is 5.75 Å². The monoisotopic (exact) mass is 270 g/mol. The molecule has 96 valence electrons. The summed E-state index contributed by atoms with van der Waals surface area (Å²) in [5.74, 6) is 0.792. The quantitative estimate of drug-likeness (QED) is 0.779. The Morgan fingerprint density at radius 2 is 1.84 bits per heavy atom. The van der Waals surface area contributed by atoms with Crippen LogP contribution in [0, 0.1) is 0 Å². The van der Waals surface area contributed by atoms with Gasteiger partial charge in [0.2, 0.25) is 0 Å². The van der Waals surface area contributed by atoms with E-state index in [1.54, 1.807) is 7.11 Å². The number of benzene rings is 2. The van der Waals surface area contributed by atoms with Gasteiger partial charge in [-0.2, -0.15) is 0 Å². The maximum atomic E-state index is 10.4. The number of hydrogen-bond acceptors (Lipinski definition) is 3. The number of hydrogen-bond donors (Lipinski definition) is 1. The summed E-state index contributed by atoms with van der Waals surface area (Å²) in [5, 5.41) is 14.6. The van der Waals surface area contributed by atoms with Gasteiger partial charge in [-0.1, -0.05) is 36.4 Å². The third-order valence-corrected chi connectivity index (χ3v) is 4.15. The lowest BCUT2D eigenvalue weighted by Gasteiger charge is -2.10. The highest BCUT2D eigenvalue weighted by Gasteiger charge is 2.13. The van der Waals surface area contributed by atoms with E-state index in [-0.39, 0.29) is 0 Å². The molecule has 3 rings (SSSR count). The largest absolute Gasteiger partial charge is 0.496 e. The first-order valence-electron chi connectivity index (χ1n) is 6.07. The molecule has 0 radical (unpaired) electrons. The molecular weight excluding hydrogens is 256 g/mol. The Morgan fingerprint density at radius 3 is 2.58 bits per heavy atom. The second-order valence-electron chi connectivity index (χ2n) is 4.40. The van der Waals surface area contributed by atoms with Gasteiger partial charge in [0, 0.05) is 10.3 Å². The van der Waals surface area contributed by atoms with Gasteiger partial charge in [0.1, 0.15) is 11.9 Å². The molecule has 0 aliphatic heterocycles. The highest BCUT2D eigenvalue weighted by Crippen LogP contribution is 2.32. The first-order chi connectivity index (χ1) is 9.28. The van der Waals surface area contributed by atoms with Crippen molar-refractivity contribution >= 4 is 22.1 Å². The number of fused-ring (bicyclic) bond motifs is 1. The maximum Gasteiger partial charge on any atom is 0.129 e. The Bertz CT molecular complexity index is 703. The third-order valence-electron chi connectivity index (χ3n) is 3.19. The van der Waals surface area contributed by atoms with E-state index in [1.165, 1.54) is 16.7 Å². The maximum absolute atomic E-state index is 10.4. The van der Waals surface area contributed by atoms with Crippen molar-refractivity contribution in [3.63, 3.8) is 0 Å². The van der Waals surface area contributed by atoms with Gasteiger partial charge in [-0.3, -0.25) is 0 Å². The standard InChI is InChI=1S/C16H14O2S/c1-18-14-9-15(19-10-14)16(17)13-7-6-11-4-2-3-5-12(11)8-13/h2-10,16-17H,1H3. The van der Waals surface area contributed by atoms with Gasteiger partial charge >= 0.3 is 0 Å². The molecule has 1 N–H and O–H groups in total. The van der Waals surface area contributed by atoms with Crippen molar-refractivity contribution < 1.29 is 9.84 Å². The van der Waals surface area contributed by atoms with Gasteiger partial charge in [0.25, 0.3) is 0 Å². The fourth-order valence-corrected chi connectivity index (χ4v) is 2.99. The summed E-state index contributed by atoms with van der Waals surface area (Å²) in [7, 11) is 1.63. The van der Waals surface area contributed by atoms with Crippen LogP contribution in [0.25, 0.3) is 10.8 Å². The van der Waals surface area contributed by atoms with Gasteiger partial charge in [-0.05, 0) is 28.5 Å². The average Bonchev–Trinajstić information content (AvgIpc) is 2.95. The molecule has 0 fully saturated rings. The summed E-state index contributed by atoms with van der Waals surface area (Å²) < 4.78 is 5.15. The number of aliphatic hydroxyl groups excluding tert-OH is 1. The second-order valence-corrected chi connectivity index (χ2v) is 5.34. The van der Waals surface area contributed by atoms with Gasteiger partial charge in [-0.15, -0.1) is 11.3 Å². The highest BCUT2D eigenvalue weighted by molar-refractivity contribution is 7.10. The van der Waals surface area contributed by atoms with Crippen molar-refractivity contribution in [2.75, 3.05) is 7.11 Å². The normalized spacial score (nSPS) is 12.5. The topological polar surface area (TPSA) is 29.5 Å². The fourth-order valence-electron chi connectivity index (χ4n) is 2.13. The number of ether oxygens (including phenoxy) is 1. The molecule has 0 saturated carbocycles. The first-order valence-corrected chi connectivity index (χ1v) is 6.95. The smallest absolute Gasteiger partial charge is 0.129 e. The van der Waals surface area contributed by atoms with Gasteiger partial charge in [0.15, 0.2) is 0 Å². The summed E-state index contributed by atoms with van der Waals surface area (Å²) >= 11 is 1.51. The zero-order valence-corrected chi connectivity index (χ0v) is 11.4. The lowest BCUT2D eigenvalue weighted by atomic mass is 10.0. The SMILES string of the molecule is COc1csc(C(O)c2ccc3ccccc3c2)c1. The van der Waals surface area contributed by atoms with Crippen molar-refractivity contribution in [1.82, 2.24) is 0 Å². The van der Waals surface area contributed by atoms with E-state index in [0.717, 1.165) is 21.6 Å². The molecule has 2 nitrogen and oxygen atoms in total. The van der Waals surface area contributed by atoms with E-state index in [4.69, 9.17) is 4.74 Å². The van der Waals surface area contributed by atoms with Crippen LogP contribution in [0.1, 0.15) is 16.5 Å². The highest BCUT2D eigenvalue weighted by atomic mass is 32.1. The molecular formula is C16H14O2S. The minimum Gasteiger partial charge on any atom is -0.496 e. The molecule has 0 aliphatic rings. The summed E-state index contributed by atoms with van der Waals surface area (Å²) in [4.78, 5) is 0.895. The Kier molecular flexibility index (Phi) is 3.23. The molecule has 3 aromatic rings. The van der Waals surface area contributed by atoms with Crippen molar-refractivity contribution in [2.24, 2.45) is 0 Å². The van der Waals surface area contributed by atoms with E-state index in [0.29, 0.717) is 0 Å². The molecule has 0 bridgehead atoms. The number of thiophene rings is 1. The van der Waals surface area contributed by atoms with E-state index in [9.17, 15) is 5.11 Å². The number of aliphatic hydroxyl groups is 1. The molecule has 0 spiro atoms. The Balaban J connectivity index is 1.98. The molecule has 2 aromatic carbocycles. The third kappa shape index (κ3) is 2.35. The van der Waals surface area contributed by atoms with Crippen LogP contribution in [0.3, 0.4) is 0 Å². The van der Waals surface area contributed by atoms with Crippen molar-refractivity contribution in [2.45, 2.75) is 6.10 Å². The number of rotatable bonds is 3. The molecule has 1 atom stereocenters. The van der Waals surface area contributed by atoms with E-state index in [2.05, 4.69) is 12.1 Å². The predicted molar refractivity (Wildman–Crippen MR) is 78.9 cm³/mol. The molecule has 1 unspecified atom stereocenters. The molecule has 3 heteroatoms. The molecule has 19 heavy (non-hydrogen) atoms. The molecule has 1 heterocycles. The Labute approximate surface area is 115 Å². The molecule has 0 amide bonds. The van der Waals surface area contributed by atoms with Crippen molar-refractivity contribution in [1.29, 1.82) is 0 Å². The summed E-state index contributed by atoms with van der Waals surface area (Å²) in [6.07, 6.45) is -0.599. The minimum atomic E-state index is -0.599. The summed E-state index contributed by atoms with van der Waals surface area (Å²) in [6.45, 7) is 0. The van der Waals surface area contributed by atoms with Crippen LogP contribution in [0.15, 0.2) is 53.9 Å². The molecule has 1 aromatic heterocycles. The van der Waals surface area contributed by atoms with Gasteiger partial charge < -0.3 is 9.84 Å². The van der Waals surface area contributed by atoms with E-state index < -0.39 is 6.10 Å². The molecule has 0 aliphatic carbocycles. The Hall–Kier alpha value is -1.84. The van der Waals surface area contributed by atoms with E-state index in [1.807, 2.05) is 41.8 Å². The fraction of sp³-hybridized carbons (Fsp3) is 0.125. The van der Waals surface area contributed by atoms with Crippen LogP contribution in [0.4, 0.5) is 0 Å². The van der Waals surface area contributed by atoms with Gasteiger partial charge in [-0.25, -0.2) is 0 Å². The summed E-state index contributed by atoms with van der Waals surface area (Å²) in [5.41, 5.74) is 0.906. The van der Waals surface area contributed by atoms with Crippen molar-refractivity contribution in [3.05, 3.63) is 64.4 Å². The van der Waals surface area contributed by atoms with Crippen LogP contribution in [0.5, 0.6) is 5.75 Å². The van der Waals surface area contributed by atoms with Crippen LogP contribution in [-0.4, -0.2) is 12.2 Å². The average molecular weight is 270 g/mol. The van der Waals surface area contributed by atoms with Crippen LogP contribution >= 0.6 is 11.3 Å². The van der Waals surface area contributed by atoms with Crippen LogP contribution in [0.2, 0.25) is 0 Å². The van der Waals surface area contributed by atoms with Crippen LogP contribution < -0.4 is 4.74 Å². The predicted octanol–water partition coefficient (Wildman–Crippen LogP) is 3.99. The zero-order chi connectivity index (χ0) is 13.2. The zero-order valence-electron chi connectivity index (χ0n) is 10.5. The second kappa shape index (κ2) is 5.03. The first kappa shape index (κ1) is 12.2. The summed E-state index contributed by atoms with van der Waals surface area (Å²) in [6, 6.07) is 16.1. The minimum absolute atomic E-state index is 0.599. The van der Waals surface area contributed by atoms with E-state index >= 15 is 0 Å². The van der Waals surface area contributed by atoms with Gasteiger partial charge in [0.05, 0.1) is 7.11 Å². The Morgan fingerprint density at radius 1 is 1.05 bits per heavy atom. The lowest BCUT2D eigenvalue weighted by molar-refractivity contribution is 0.224.